The lowest BCUT2D eigenvalue weighted by Gasteiger charge is -2.14. The summed E-state index contributed by atoms with van der Waals surface area (Å²) >= 11 is 0. The first-order chi connectivity index (χ1) is 34.4. The number of benzene rings is 3. The van der Waals surface area contributed by atoms with Crippen molar-refractivity contribution in [1.29, 1.82) is 0 Å². The number of anilines is 4. The monoisotopic (exact) mass is 980 g/mol. The fourth-order valence-corrected chi connectivity index (χ4v) is 7.26. The zero-order chi connectivity index (χ0) is 49.6. The Labute approximate surface area is 401 Å². The summed E-state index contributed by atoms with van der Waals surface area (Å²) in [6, 6.07) is 17.9. The minimum Gasteiger partial charge on any atom is -0.463 e. The normalized spacial score (nSPS) is 16.4. The summed E-state index contributed by atoms with van der Waals surface area (Å²) < 4.78 is 49.3. The number of nitrogens with zero attached hydrogens (tertiary/aromatic N) is 17. The largest absolute Gasteiger partial charge is 0.463 e. The number of hydrogen-bond donors (Lipinski definition) is 2. The van der Waals surface area contributed by atoms with Gasteiger partial charge >= 0.3 is 18.2 Å². The molecule has 370 valence electrons. The Morgan fingerprint density at radius 3 is 1.80 bits per heavy atom. The number of halogens is 2. The lowest BCUT2D eigenvalue weighted by molar-refractivity contribution is -0.144. The minimum atomic E-state index is -0.671. The van der Waals surface area contributed by atoms with Crippen molar-refractivity contribution in [2.45, 2.75) is 64.8 Å². The standard InChI is InChI=1S/C20H18FN9O2.C16H16FN9O3.C7H12O3/c1-28-26-19(23-27-28)29-10-16-17(11-29)25-30(24-16)18-8-7-14(9-15(18)21)22-20(31)32-12-13-5-3-2-4-6-13;1-23-21-15(18-22-23)24-6-12-13(7-24)20-26(19-12)14-3-2-9(4-11(14)17)25-5-10(8-27)29-16(25)28;1-2-3-7(8)10-5-6-4-9-6/h2-9H,10-12H2,1H3,(H,22,31);2-4,10,27H,5-8H2,1H3;6H,2-5H2,1H3/t;10-;/m.1./s1. The van der Waals surface area contributed by atoms with E-state index in [2.05, 4.69) is 56.5 Å². The van der Waals surface area contributed by atoms with Gasteiger partial charge in [0.2, 0.25) is 0 Å². The van der Waals surface area contributed by atoms with Crippen LogP contribution in [0, 0.1) is 11.6 Å². The van der Waals surface area contributed by atoms with Gasteiger partial charge in [-0.15, -0.1) is 19.8 Å². The molecule has 2 fully saturated rings. The summed E-state index contributed by atoms with van der Waals surface area (Å²) in [7, 11) is 3.37. The van der Waals surface area contributed by atoms with E-state index in [9.17, 15) is 23.2 Å². The molecule has 0 aliphatic carbocycles. The average Bonchev–Trinajstić information content (AvgIpc) is 4.05. The van der Waals surface area contributed by atoms with Crippen molar-refractivity contribution in [3.8, 4) is 11.4 Å². The first-order valence-corrected chi connectivity index (χ1v) is 22.2. The molecule has 8 heterocycles. The lowest BCUT2D eigenvalue weighted by atomic mass is 10.2. The molecule has 71 heavy (non-hydrogen) atoms. The van der Waals surface area contributed by atoms with Gasteiger partial charge < -0.3 is 33.9 Å². The zero-order valence-corrected chi connectivity index (χ0v) is 38.4. The van der Waals surface area contributed by atoms with Gasteiger partial charge in [0.1, 0.15) is 59.6 Å². The molecule has 4 aliphatic rings. The summed E-state index contributed by atoms with van der Waals surface area (Å²) in [4.78, 5) is 44.8. The summed E-state index contributed by atoms with van der Waals surface area (Å²) in [5.41, 5.74) is 4.63. The van der Waals surface area contributed by atoms with E-state index in [0.717, 1.165) is 18.6 Å². The zero-order valence-electron chi connectivity index (χ0n) is 38.4. The number of ether oxygens (including phenoxy) is 4. The molecular weight excluding hydrogens is 935 g/mol. The number of carbonyl (C=O) groups is 3. The molecule has 3 aromatic carbocycles. The summed E-state index contributed by atoms with van der Waals surface area (Å²) in [6.07, 6.45) is -0.342. The maximum absolute atomic E-state index is 14.7. The number of hydrogen-bond acceptors (Lipinski definition) is 20. The van der Waals surface area contributed by atoms with Gasteiger partial charge in [0.15, 0.2) is 11.6 Å². The summed E-state index contributed by atoms with van der Waals surface area (Å²) in [6.45, 7) is 4.95. The van der Waals surface area contributed by atoms with Crippen molar-refractivity contribution in [3.05, 3.63) is 107 Å². The highest BCUT2D eigenvalue weighted by Crippen LogP contribution is 2.28. The molecule has 26 nitrogen and oxygen atoms in total. The number of tetrazole rings is 2. The Kier molecular flexibility index (Phi) is 14.1. The molecule has 4 aromatic heterocycles. The first-order valence-electron chi connectivity index (χ1n) is 22.2. The number of amides is 2. The lowest BCUT2D eigenvalue weighted by Crippen LogP contribution is -2.25. The second kappa shape index (κ2) is 21.0. The van der Waals surface area contributed by atoms with E-state index in [4.69, 9.17) is 24.1 Å². The molecule has 1 unspecified atom stereocenters. The highest BCUT2D eigenvalue weighted by atomic mass is 19.1. The smallest absolute Gasteiger partial charge is 0.414 e. The molecule has 2 atom stereocenters. The van der Waals surface area contributed by atoms with Crippen LogP contribution in [0.15, 0.2) is 66.7 Å². The molecular formula is C43H46F2N18O8. The van der Waals surface area contributed by atoms with Crippen LogP contribution in [-0.4, -0.2) is 132 Å². The highest BCUT2D eigenvalue weighted by molar-refractivity contribution is 5.90. The fraction of sp³-hybridized carbons (Fsp3) is 0.372. The maximum Gasteiger partial charge on any atom is 0.414 e. The topological polar surface area (TPSA) is 282 Å². The Morgan fingerprint density at radius 2 is 1.32 bits per heavy atom. The molecule has 4 aliphatic heterocycles. The third-order valence-electron chi connectivity index (χ3n) is 10.9. The molecule has 11 rings (SSSR count). The van der Waals surface area contributed by atoms with Crippen molar-refractivity contribution >= 4 is 41.4 Å². The van der Waals surface area contributed by atoms with E-state index >= 15 is 0 Å². The van der Waals surface area contributed by atoms with Crippen LogP contribution in [0.2, 0.25) is 0 Å². The van der Waals surface area contributed by atoms with E-state index in [1.165, 1.54) is 48.4 Å². The Hall–Kier alpha value is -8.53. The van der Waals surface area contributed by atoms with Gasteiger partial charge in [-0.3, -0.25) is 15.0 Å². The third kappa shape index (κ3) is 11.5. The van der Waals surface area contributed by atoms with Gasteiger partial charge in [-0.25, -0.2) is 18.4 Å². The summed E-state index contributed by atoms with van der Waals surface area (Å²) in [5, 5.41) is 53.1. The van der Waals surface area contributed by atoms with Crippen LogP contribution in [0.4, 0.5) is 41.6 Å². The highest BCUT2D eigenvalue weighted by Gasteiger charge is 2.33. The predicted molar refractivity (Wildman–Crippen MR) is 241 cm³/mol. The predicted octanol–water partition coefficient (Wildman–Crippen LogP) is 2.69. The molecule has 2 N–H and O–H groups in total. The van der Waals surface area contributed by atoms with Crippen molar-refractivity contribution in [1.82, 2.24) is 70.4 Å². The number of aliphatic hydroxyl groups excluding tert-OH is 1. The first kappa shape index (κ1) is 47.5. The van der Waals surface area contributed by atoms with Crippen LogP contribution in [0.1, 0.15) is 48.1 Å². The second-order valence-electron chi connectivity index (χ2n) is 16.3. The summed E-state index contributed by atoms with van der Waals surface area (Å²) in [5.74, 6) is -0.304. The van der Waals surface area contributed by atoms with Gasteiger partial charge in [-0.2, -0.15) is 30.0 Å². The van der Waals surface area contributed by atoms with Gasteiger partial charge in [-0.1, -0.05) is 47.5 Å². The van der Waals surface area contributed by atoms with E-state index in [1.54, 1.807) is 26.2 Å². The Balaban J connectivity index is 0.000000148. The van der Waals surface area contributed by atoms with Crippen molar-refractivity contribution in [2.24, 2.45) is 14.1 Å². The van der Waals surface area contributed by atoms with Gasteiger partial charge in [-0.05, 0) is 52.7 Å². The van der Waals surface area contributed by atoms with E-state index in [-0.39, 0.29) is 48.9 Å². The number of epoxide rings is 1. The van der Waals surface area contributed by atoms with Crippen LogP contribution in [0.5, 0.6) is 0 Å². The number of fused-ring (bicyclic) bond motifs is 2. The van der Waals surface area contributed by atoms with Crippen LogP contribution < -0.4 is 20.0 Å². The van der Waals surface area contributed by atoms with Crippen LogP contribution in [0.3, 0.4) is 0 Å². The second-order valence-corrected chi connectivity index (χ2v) is 16.3. The number of cyclic esters (lactones) is 1. The van der Waals surface area contributed by atoms with Crippen LogP contribution in [-0.2, 0) is 70.6 Å². The number of aryl methyl sites for hydroxylation is 2. The van der Waals surface area contributed by atoms with Crippen LogP contribution in [0.25, 0.3) is 11.4 Å². The maximum atomic E-state index is 14.7. The Bertz CT molecular complexity index is 2970. The van der Waals surface area contributed by atoms with E-state index < -0.39 is 29.9 Å². The van der Waals surface area contributed by atoms with Gasteiger partial charge in [0.05, 0.1) is 65.7 Å². The number of aliphatic hydroxyl groups is 1. The number of rotatable bonds is 13. The molecule has 0 bridgehead atoms. The number of aromatic nitrogens is 14. The van der Waals surface area contributed by atoms with Crippen molar-refractivity contribution < 1.29 is 47.2 Å². The number of nitrogens with one attached hydrogen (secondary N) is 1. The van der Waals surface area contributed by atoms with E-state index in [1.807, 2.05) is 47.1 Å². The fourth-order valence-electron chi connectivity index (χ4n) is 7.26. The molecule has 7 aromatic rings. The number of esters is 1. The minimum absolute atomic E-state index is 0.113. The molecule has 2 amide bonds. The van der Waals surface area contributed by atoms with Gasteiger partial charge in [0.25, 0.3) is 11.9 Å². The quantitative estimate of drug-likeness (QED) is 0.0954. The SMILES string of the molecule is CCCC(=O)OCC1CO1.Cn1nnc(N2Cc3nn(-c4ccc(N5C[C@H](CO)OC5=O)cc4F)nc3C2)n1.Cn1nnc(N2Cc3nn(-c4ccc(NC(=O)OCc5ccccc5)cc4F)nc3C2)n1. The van der Waals surface area contributed by atoms with Gasteiger partial charge in [0, 0.05) is 18.2 Å². The van der Waals surface area contributed by atoms with Crippen LogP contribution >= 0.6 is 0 Å². The molecule has 0 radical (unpaired) electrons. The molecule has 2 saturated heterocycles. The third-order valence-corrected chi connectivity index (χ3v) is 10.9. The Morgan fingerprint density at radius 1 is 0.761 bits per heavy atom. The molecule has 0 saturated carbocycles. The number of carbonyl (C=O) groups excluding carboxylic acids is 3. The van der Waals surface area contributed by atoms with E-state index in [0.29, 0.717) is 79.6 Å². The molecule has 0 spiro atoms. The average molecular weight is 981 g/mol. The van der Waals surface area contributed by atoms with Crippen molar-refractivity contribution in [2.75, 3.05) is 46.4 Å². The van der Waals surface area contributed by atoms with Crippen molar-refractivity contribution in [3.63, 3.8) is 0 Å². The molecule has 28 heteroatoms.